The lowest BCUT2D eigenvalue weighted by molar-refractivity contribution is -0.124. The number of nitrogens with one attached hydrogen (secondary N) is 1. The lowest BCUT2D eigenvalue weighted by Gasteiger charge is -2.08. The van der Waals surface area contributed by atoms with Crippen molar-refractivity contribution in [3.8, 4) is 11.5 Å². The van der Waals surface area contributed by atoms with Gasteiger partial charge in [0.15, 0.2) is 5.82 Å². The van der Waals surface area contributed by atoms with Gasteiger partial charge < -0.3 is 9.84 Å². The summed E-state index contributed by atoms with van der Waals surface area (Å²) in [7, 11) is 0. The molecule has 1 heterocycles. The van der Waals surface area contributed by atoms with E-state index in [1.807, 2.05) is 30.3 Å². The average Bonchev–Trinajstić information content (AvgIpc) is 3.20. The van der Waals surface area contributed by atoms with Crippen LogP contribution in [0.2, 0.25) is 0 Å². The van der Waals surface area contributed by atoms with Crippen LogP contribution in [0.3, 0.4) is 0 Å². The Bertz CT molecular complexity index is 589. The summed E-state index contributed by atoms with van der Waals surface area (Å²) >= 11 is 0. The Morgan fingerprint density at radius 2 is 2.00 bits per heavy atom. The number of amides is 1. The molecular formula is C16H19N3O2. The molecule has 1 amide bonds. The molecule has 0 spiro atoms. The summed E-state index contributed by atoms with van der Waals surface area (Å²) in [6.45, 7) is 0.559. The summed E-state index contributed by atoms with van der Waals surface area (Å²) in [5.41, 5.74) is 0.909. The minimum atomic E-state index is 0.166. The van der Waals surface area contributed by atoms with Gasteiger partial charge in [0.05, 0.1) is 0 Å². The molecule has 1 saturated carbocycles. The third-order valence-corrected chi connectivity index (χ3v) is 3.86. The third-order valence-electron chi connectivity index (χ3n) is 3.86. The number of benzene rings is 1. The first-order chi connectivity index (χ1) is 10.3. The van der Waals surface area contributed by atoms with E-state index in [1.165, 1.54) is 12.8 Å². The van der Waals surface area contributed by atoms with E-state index in [2.05, 4.69) is 15.5 Å². The maximum Gasteiger partial charge on any atom is 0.257 e. The summed E-state index contributed by atoms with van der Waals surface area (Å²) in [5.74, 6) is 1.52. The summed E-state index contributed by atoms with van der Waals surface area (Å²) in [6, 6.07) is 9.67. The Morgan fingerprint density at radius 1 is 1.24 bits per heavy atom. The van der Waals surface area contributed by atoms with Gasteiger partial charge in [0, 0.05) is 24.4 Å². The molecule has 5 heteroatoms. The Kier molecular flexibility index (Phi) is 4.28. The molecule has 1 N–H and O–H groups in total. The first-order valence-corrected chi connectivity index (χ1v) is 7.48. The molecule has 0 aliphatic heterocycles. The molecule has 0 atom stereocenters. The van der Waals surface area contributed by atoms with Crippen LogP contribution in [0, 0.1) is 5.92 Å². The molecule has 1 fully saturated rings. The number of hydrogen-bond donors (Lipinski definition) is 1. The molecule has 21 heavy (non-hydrogen) atoms. The number of hydrogen-bond acceptors (Lipinski definition) is 4. The zero-order valence-corrected chi connectivity index (χ0v) is 11.9. The topological polar surface area (TPSA) is 68.0 Å². The molecule has 0 saturated heterocycles. The summed E-state index contributed by atoms with van der Waals surface area (Å²) < 4.78 is 5.23. The highest BCUT2D eigenvalue weighted by molar-refractivity contribution is 5.78. The number of nitrogens with zero attached hydrogens (tertiary/aromatic N) is 2. The minimum absolute atomic E-state index is 0.166. The van der Waals surface area contributed by atoms with Crippen molar-refractivity contribution in [2.75, 3.05) is 6.54 Å². The van der Waals surface area contributed by atoms with Crippen molar-refractivity contribution in [3.05, 3.63) is 36.2 Å². The largest absolute Gasteiger partial charge is 0.355 e. The van der Waals surface area contributed by atoms with E-state index in [-0.39, 0.29) is 11.8 Å². The van der Waals surface area contributed by atoms with Gasteiger partial charge in [-0.05, 0) is 25.0 Å². The number of rotatable bonds is 5. The van der Waals surface area contributed by atoms with Crippen molar-refractivity contribution in [1.29, 1.82) is 0 Å². The quantitative estimate of drug-likeness (QED) is 0.916. The van der Waals surface area contributed by atoms with Crippen molar-refractivity contribution in [1.82, 2.24) is 15.5 Å². The van der Waals surface area contributed by atoms with E-state index < -0.39 is 0 Å². The van der Waals surface area contributed by atoms with Gasteiger partial charge in [-0.25, -0.2) is 0 Å². The highest BCUT2D eigenvalue weighted by Crippen LogP contribution is 2.24. The molecule has 110 valence electrons. The summed E-state index contributed by atoms with van der Waals surface area (Å²) in [4.78, 5) is 16.2. The second kappa shape index (κ2) is 6.52. The lowest BCUT2D eigenvalue weighted by atomic mass is 10.1. The van der Waals surface area contributed by atoms with Crippen LogP contribution in [-0.2, 0) is 11.2 Å². The van der Waals surface area contributed by atoms with Gasteiger partial charge in [0.1, 0.15) is 0 Å². The van der Waals surface area contributed by atoms with Crippen LogP contribution in [0.25, 0.3) is 11.5 Å². The minimum Gasteiger partial charge on any atom is -0.355 e. The second-order valence-corrected chi connectivity index (χ2v) is 5.40. The fourth-order valence-electron chi connectivity index (χ4n) is 2.68. The normalized spacial score (nSPS) is 15.2. The average molecular weight is 285 g/mol. The predicted molar refractivity (Wildman–Crippen MR) is 78.4 cm³/mol. The third kappa shape index (κ3) is 3.48. The summed E-state index contributed by atoms with van der Waals surface area (Å²) in [6.07, 6.45) is 4.97. The van der Waals surface area contributed by atoms with Crippen molar-refractivity contribution in [3.63, 3.8) is 0 Å². The molecular weight excluding hydrogens is 266 g/mol. The highest BCUT2D eigenvalue weighted by atomic mass is 16.5. The molecule has 0 unspecified atom stereocenters. The Hall–Kier alpha value is -2.17. The van der Waals surface area contributed by atoms with Crippen LogP contribution in [-0.4, -0.2) is 22.6 Å². The lowest BCUT2D eigenvalue weighted by Crippen LogP contribution is -2.31. The molecule has 1 aromatic carbocycles. The molecule has 2 aromatic rings. The highest BCUT2D eigenvalue weighted by Gasteiger charge is 2.22. The van der Waals surface area contributed by atoms with Crippen molar-refractivity contribution < 1.29 is 9.32 Å². The van der Waals surface area contributed by atoms with E-state index in [1.54, 1.807) is 0 Å². The molecule has 1 aliphatic rings. The zero-order valence-electron chi connectivity index (χ0n) is 11.9. The van der Waals surface area contributed by atoms with Crippen LogP contribution < -0.4 is 5.32 Å². The smallest absolute Gasteiger partial charge is 0.257 e. The van der Waals surface area contributed by atoms with Crippen molar-refractivity contribution in [2.24, 2.45) is 5.92 Å². The van der Waals surface area contributed by atoms with Gasteiger partial charge in [-0.1, -0.05) is 36.2 Å². The molecule has 1 aromatic heterocycles. The van der Waals surface area contributed by atoms with E-state index in [0.29, 0.717) is 24.7 Å². The maximum absolute atomic E-state index is 11.9. The molecule has 5 nitrogen and oxygen atoms in total. The second-order valence-electron chi connectivity index (χ2n) is 5.40. The first kappa shape index (κ1) is 13.8. The van der Waals surface area contributed by atoms with E-state index in [9.17, 15) is 4.79 Å². The zero-order chi connectivity index (χ0) is 14.5. The fraction of sp³-hybridized carbons (Fsp3) is 0.438. The van der Waals surface area contributed by atoms with Crippen LogP contribution in [0.15, 0.2) is 34.9 Å². The molecule has 3 rings (SSSR count). The maximum atomic E-state index is 11.9. The fourth-order valence-corrected chi connectivity index (χ4v) is 2.68. The van der Waals surface area contributed by atoms with E-state index in [0.717, 1.165) is 18.4 Å². The van der Waals surface area contributed by atoms with Gasteiger partial charge in [-0.3, -0.25) is 4.79 Å². The molecule has 0 radical (unpaired) electrons. The molecule has 0 bridgehead atoms. The SMILES string of the molecule is O=C(NCCc1noc(-c2ccccc2)n1)C1CCCC1. The number of aromatic nitrogens is 2. The first-order valence-electron chi connectivity index (χ1n) is 7.48. The van der Waals surface area contributed by atoms with Gasteiger partial charge in [0.25, 0.3) is 5.89 Å². The van der Waals surface area contributed by atoms with E-state index >= 15 is 0 Å². The van der Waals surface area contributed by atoms with Gasteiger partial charge in [0.2, 0.25) is 5.91 Å². The van der Waals surface area contributed by atoms with Crippen LogP contribution in [0.1, 0.15) is 31.5 Å². The number of carbonyl (C=O) groups excluding carboxylic acids is 1. The van der Waals surface area contributed by atoms with Crippen LogP contribution in [0.4, 0.5) is 0 Å². The Labute approximate surface area is 123 Å². The van der Waals surface area contributed by atoms with Crippen molar-refractivity contribution in [2.45, 2.75) is 32.1 Å². The standard InChI is InChI=1S/C16H19N3O2/c20-15(12-6-4-5-7-12)17-11-10-14-18-16(21-19-14)13-8-2-1-3-9-13/h1-3,8-9,12H,4-7,10-11H2,(H,17,20). The van der Waals surface area contributed by atoms with Crippen LogP contribution in [0.5, 0.6) is 0 Å². The molecule has 1 aliphatic carbocycles. The predicted octanol–water partition coefficient (Wildman–Crippen LogP) is 2.59. The monoisotopic (exact) mass is 285 g/mol. The van der Waals surface area contributed by atoms with Gasteiger partial charge in [-0.15, -0.1) is 0 Å². The van der Waals surface area contributed by atoms with Crippen molar-refractivity contribution >= 4 is 5.91 Å². The van der Waals surface area contributed by atoms with Crippen LogP contribution >= 0.6 is 0 Å². The Morgan fingerprint density at radius 3 is 2.76 bits per heavy atom. The van der Waals surface area contributed by atoms with Gasteiger partial charge >= 0.3 is 0 Å². The Balaban J connectivity index is 1.50. The number of carbonyl (C=O) groups is 1. The summed E-state index contributed by atoms with van der Waals surface area (Å²) in [5, 5.41) is 6.91. The van der Waals surface area contributed by atoms with E-state index in [4.69, 9.17) is 4.52 Å². The van der Waals surface area contributed by atoms with Gasteiger partial charge in [-0.2, -0.15) is 4.98 Å².